The van der Waals surface area contributed by atoms with Crippen molar-refractivity contribution in [2.24, 2.45) is 5.92 Å². The molecule has 1 N–H and O–H groups in total. The molecule has 1 fully saturated rings. The molecular weight excluding hydrogens is 462 g/mol. The summed E-state index contributed by atoms with van der Waals surface area (Å²) in [5.41, 5.74) is 2.10. The van der Waals surface area contributed by atoms with Gasteiger partial charge in [0.15, 0.2) is 5.16 Å². The number of thioether (sulfide) groups is 1. The van der Waals surface area contributed by atoms with Crippen molar-refractivity contribution in [2.45, 2.75) is 37.1 Å². The Hall–Kier alpha value is -3.51. The molecule has 0 saturated carbocycles. The summed E-state index contributed by atoms with van der Waals surface area (Å²) in [6, 6.07) is 16.4. The van der Waals surface area contributed by atoms with E-state index in [9.17, 15) is 15.2 Å². The van der Waals surface area contributed by atoms with Gasteiger partial charge in [-0.3, -0.25) is 0 Å². The number of fused-ring (bicyclic) bond motifs is 2. The van der Waals surface area contributed by atoms with E-state index in [0.717, 1.165) is 23.4 Å². The van der Waals surface area contributed by atoms with E-state index in [0.29, 0.717) is 30.7 Å². The van der Waals surface area contributed by atoms with Crippen LogP contribution >= 0.6 is 11.8 Å². The van der Waals surface area contributed by atoms with E-state index in [1.165, 1.54) is 27.4 Å². The Morgan fingerprint density at radius 3 is 2.80 bits per heavy atom. The highest BCUT2D eigenvalue weighted by Crippen LogP contribution is 2.43. The van der Waals surface area contributed by atoms with E-state index in [4.69, 9.17) is 14.7 Å². The Morgan fingerprint density at radius 2 is 2.03 bits per heavy atom. The Morgan fingerprint density at radius 1 is 1.23 bits per heavy atom. The van der Waals surface area contributed by atoms with Crippen molar-refractivity contribution in [3.8, 4) is 11.9 Å². The largest absolute Gasteiger partial charge is 0.469 e. The quantitative estimate of drug-likeness (QED) is 0.414. The fourth-order valence-corrected chi connectivity index (χ4v) is 5.53. The van der Waals surface area contributed by atoms with E-state index in [1.54, 1.807) is 0 Å². The molecule has 3 heterocycles. The third-order valence-corrected chi connectivity index (χ3v) is 7.42. The topological polar surface area (TPSA) is 103 Å². The second kappa shape index (κ2) is 9.62. The summed E-state index contributed by atoms with van der Waals surface area (Å²) in [7, 11) is 0. The Labute approximate surface area is 208 Å². The van der Waals surface area contributed by atoms with Gasteiger partial charge in [0.2, 0.25) is 5.88 Å². The standard InChI is InChI=1S/C26H27N5O3S/c1-16-14-21-23(30-12-13-31(26(32)33)18(15-30)10-11-27)28-25(35-2)29-24(21)34-22(16)20-9-5-7-17-6-3-4-8-19(17)20/h3-9,16,18,22H,10,12-15H2,1-2H3,(H,32,33)/t16?,18-,22?/m0/s1. The molecule has 0 spiro atoms. The van der Waals surface area contributed by atoms with E-state index in [-0.39, 0.29) is 18.4 Å². The highest BCUT2D eigenvalue weighted by Gasteiger charge is 2.37. The molecule has 1 aromatic heterocycles. The molecule has 3 aromatic rings. The Kier molecular flexibility index (Phi) is 6.39. The first-order valence-corrected chi connectivity index (χ1v) is 12.9. The van der Waals surface area contributed by atoms with Crippen LogP contribution in [0.5, 0.6) is 5.88 Å². The van der Waals surface area contributed by atoms with E-state index < -0.39 is 12.1 Å². The predicted molar refractivity (Wildman–Crippen MR) is 135 cm³/mol. The zero-order valence-corrected chi connectivity index (χ0v) is 20.5. The number of carboxylic acid groups (broad SMARTS) is 1. The number of ether oxygens (including phenoxy) is 1. The summed E-state index contributed by atoms with van der Waals surface area (Å²) in [5, 5.41) is 21.8. The molecule has 9 heteroatoms. The van der Waals surface area contributed by atoms with Crippen LogP contribution in [0.15, 0.2) is 47.6 Å². The summed E-state index contributed by atoms with van der Waals surface area (Å²) < 4.78 is 6.60. The average molecular weight is 490 g/mol. The summed E-state index contributed by atoms with van der Waals surface area (Å²) in [6.45, 7) is 3.43. The molecule has 0 radical (unpaired) electrons. The number of hydrogen-bond acceptors (Lipinski definition) is 7. The van der Waals surface area contributed by atoms with Crippen LogP contribution < -0.4 is 9.64 Å². The third-order valence-electron chi connectivity index (χ3n) is 6.88. The second-order valence-corrected chi connectivity index (χ2v) is 9.82. The summed E-state index contributed by atoms with van der Waals surface area (Å²) in [4.78, 5) is 24.7. The van der Waals surface area contributed by atoms with Gasteiger partial charge in [-0.05, 0) is 23.4 Å². The Balaban J connectivity index is 1.51. The molecule has 2 aliphatic heterocycles. The van der Waals surface area contributed by atoms with Crippen molar-refractivity contribution in [1.82, 2.24) is 14.9 Å². The lowest BCUT2D eigenvalue weighted by Crippen LogP contribution is -2.55. The number of anilines is 1. The highest BCUT2D eigenvalue weighted by molar-refractivity contribution is 7.98. The number of carbonyl (C=O) groups is 1. The maximum absolute atomic E-state index is 11.7. The normalized spacial score (nSPS) is 21.8. The number of aromatic nitrogens is 2. The van der Waals surface area contributed by atoms with E-state index in [1.807, 2.05) is 18.4 Å². The van der Waals surface area contributed by atoms with Crippen LogP contribution in [0.4, 0.5) is 10.6 Å². The van der Waals surface area contributed by atoms with Crippen LogP contribution in [-0.4, -0.2) is 58.0 Å². The number of rotatable bonds is 4. The fraction of sp³-hybridized carbons (Fsp3) is 0.385. The zero-order valence-electron chi connectivity index (χ0n) is 19.7. The van der Waals surface area contributed by atoms with E-state index in [2.05, 4.69) is 48.2 Å². The first-order chi connectivity index (χ1) is 17.0. The zero-order chi connectivity index (χ0) is 24.5. The van der Waals surface area contributed by atoms with Crippen molar-refractivity contribution in [2.75, 3.05) is 30.8 Å². The molecule has 2 unspecified atom stereocenters. The molecular formula is C26H27N5O3S. The molecule has 35 heavy (non-hydrogen) atoms. The van der Waals surface area contributed by atoms with Gasteiger partial charge >= 0.3 is 6.09 Å². The van der Waals surface area contributed by atoms with Crippen LogP contribution in [0, 0.1) is 17.2 Å². The van der Waals surface area contributed by atoms with E-state index >= 15 is 0 Å². The van der Waals surface area contributed by atoms with Crippen LogP contribution in [-0.2, 0) is 6.42 Å². The lowest BCUT2D eigenvalue weighted by atomic mass is 9.87. The number of hydrogen-bond donors (Lipinski definition) is 1. The number of benzene rings is 2. The van der Waals surface area contributed by atoms with Crippen LogP contribution in [0.3, 0.4) is 0 Å². The van der Waals surface area contributed by atoms with Gasteiger partial charge in [0, 0.05) is 31.1 Å². The fourth-order valence-electron chi connectivity index (χ4n) is 5.18. The van der Waals surface area contributed by atoms with Crippen LogP contribution in [0.1, 0.15) is 30.6 Å². The van der Waals surface area contributed by atoms with Crippen molar-refractivity contribution < 1.29 is 14.6 Å². The molecule has 1 saturated heterocycles. The molecule has 180 valence electrons. The number of amides is 1. The van der Waals surface area contributed by atoms with Crippen molar-refractivity contribution >= 4 is 34.4 Å². The molecule has 0 aliphatic carbocycles. The van der Waals surface area contributed by atoms with Gasteiger partial charge in [-0.2, -0.15) is 10.2 Å². The minimum Gasteiger partial charge on any atom is -0.469 e. The third kappa shape index (κ3) is 4.34. The van der Waals surface area contributed by atoms with Crippen molar-refractivity contribution in [3.63, 3.8) is 0 Å². The molecule has 2 aliphatic rings. The summed E-state index contributed by atoms with van der Waals surface area (Å²) >= 11 is 1.45. The number of nitriles is 1. The van der Waals surface area contributed by atoms with Crippen molar-refractivity contribution in [3.05, 3.63) is 53.6 Å². The molecule has 1 amide bonds. The molecule has 2 aromatic carbocycles. The molecule has 0 bridgehead atoms. The van der Waals surface area contributed by atoms with Gasteiger partial charge < -0.3 is 19.6 Å². The van der Waals surface area contributed by atoms with Crippen LogP contribution in [0.25, 0.3) is 10.8 Å². The first-order valence-electron chi connectivity index (χ1n) is 11.7. The maximum atomic E-state index is 11.7. The summed E-state index contributed by atoms with van der Waals surface area (Å²) in [5.74, 6) is 1.56. The monoisotopic (exact) mass is 489 g/mol. The first kappa shape index (κ1) is 23.2. The minimum atomic E-state index is -0.991. The van der Waals surface area contributed by atoms with Gasteiger partial charge in [0.1, 0.15) is 11.9 Å². The number of piperazine rings is 1. The van der Waals surface area contributed by atoms with Crippen molar-refractivity contribution in [1.29, 1.82) is 5.26 Å². The maximum Gasteiger partial charge on any atom is 0.407 e. The summed E-state index contributed by atoms with van der Waals surface area (Å²) in [6.07, 6.45) is 1.69. The molecule has 3 atom stereocenters. The van der Waals surface area contributed by atoms with Gasteiger partial charge in [0.25, 0.3) is 0 Å². The van der Waals surface area contributed by atoms with Gasteiger partial charge in [-0.25, -0.2) is 9.78 Å². The predicted octanol–water partition coefficient (Wildman–Crippen LogP) is 4.75. The smallest absolute Gasteiger partial charge is 0.407 e. The second-order valence-electron chi connectivity index (χ2n) is 9.04. The lowest BCUT2D eigenvalue weighted by molar-refractivity contribution is 0.113. The molecule has 5 rings (SSSR count). The van der Waals surface area contributed by atoms with Gasteiger partial charge in [-0.1, -0.05) is 61.2 Å². The minimum absolute atomic E-state index is 0.138. The highest BCUT2D eigenvalue weighted by atomic mass is 32.2. The van der Waals surface area contributed by atoms with Gasteiger partial charge in [0.05, 0.1) is 24.1 Å². The number of nitrogens with zero attached hydrogens (tertiary/aromatic N) is 5. The molecule has 8 nitrogen and oxygen atoms in total. The lowest BCUT2D eigenvalue weighted by Gasteiger charge is -2.41. The average Bonchev–Trinajstić information content (AvgIpc) is 2.87. The van der Waals surface area contributed by atoms with Gasteiger partial charge in [-0.15, -0.1) is 0 Å². The van der Waals surface area contributed by atoms with Crippen LogP contribution in [0.2, 0.25) is 0 Å². The SMILES string of the molecule is CSc1nc2c(c(N3CCN(C(=O)O)[C@@H](CC#N)C3)n1)CC(C)C(c1cccc3ccccc13)O2. The Bertz CT molecular complexity index is 1300.